The molecule has 1 saturated heterocycles. The van der Waals surface area contributed by atoms with Crippen LogP contribution in [0.3, 0.4) is 0 Å². The van der Waals surface area contributed by atoms with E-state index in [0.717, 1.165) is 5.69 Å². The molecule has 0 spiro atoms. The number of ether oxygens (including phenoxy) is 1. The van der Waals surface area contributed by atoms with Crippen molar-refractivity contribution >= 4 is 27.4 Å². The predicted molar refractivity (Wildman–Crippen MR) is 108 cm³/mol. The minimum absolute atomic E-state index is 0.0943. The monoisotopic (exact) mass is 422 g/mol. The molecule has 7 nitrogen and oxygen atoms in total. The Morgan fingerprint density at radius 3 is 2.64 bits per heavy atom. The Morgan fingerprint density at radius 2 is 2.04 bits per heavy atom. The quantitative estimate of drug-likeness (QED) is 0.748. The van der Waals surface area contributed by atoms with E-state index in [-0.39, 0.29) is 6.04 Å². The molecule has 2 fully saturated rings. The first-order chi connectivity index (χ1) is 13.2. The number of hydrogen-bond donors (Lipinski definition) is 0. The summed E-state index contributed by atoms with van der Waals surface area (Å²) in [5, 5.41) is 0.530. The highest BCUT2D eigenvalue weighted by Gasteiger charge is 2.55. The zero-order valence-electron chi connectivity index (χ0n) is 16.1. The fourth-order valence-corrected chi connectivity index (χ4v) is 5.24. The van der Waals surface area contributed by atoms with Gasteiger partial charge in [0.25, 0.3) is 0 Å². The van der Waals surface area contributed by atoms with E-state index >= 15 is 0 Å². The van der Waals surface area contributed by atoms with Crippen LogP contribution in [0.5, 0.6) is 0 Å². The van der Waals surface area contributed by atoms with Gasteiger partial charge in [-0.25, -0.2) is 18.4 Å². The summed E-state index contributed by atoms with van der Waals surface area (Å²) < 4.78 is 29.6. The summed E-state index contributed by atoms with van der Waals surface area (Å²) >= 11 is 6.45. The molecule has 1 saturated carbocycles. The van der Waals surface area contributed by atoms with Gasteiger partial charge in [0.1, 0.15) is 4.75 Å². The van der Waals surface area contributed by atoms with Gasteiger partial charge >= 0.3 is 0 Å². The predicted octanol–water partition coefficient (Wildman–Crippen LogP) is 2.76. The number of nitrogens with zero attached hydrogens (tertiary/aromatic N) is 4. The smallest absolute Gasteiger partial charge is 0.226 e. The van der Waals surface area contributed by atoms with E-state index in [1.807, 2.05) is 13.8 Å². The third kappa shape index (κ3) is 3.38. The lowest BCUT2D eigenvalue weighted by Crippen LogP contribution is -2.44. The number of hydrogen-bond acceptors (Lipinski definition) is 7. The van der Waals surface area contributed by atoms with Crippen LogP contribution >= 0.6 is 11.6 Å². The summed E-state index contributed by atoms with van der Waals surface area (Å²) in [6.07, 6.45) is 4.09. The van der Waals surface area contributed by atoms with Crippen LogP contribution in [0.15, 0.2) is 18.3 Å². The number of pyridine rings is 1. The first kappa shape index (κ1) is 19.5. The molecule has 3 heterocycles. The average Bonchev–Trinajstić information content (AvgIpc) is 3.43. The van der Waals surface area contributed by atoms with Gasteiger partial charge in [0, 0.05) is 30.3 Å². The Balaban J connectivity index is 1.89. The number of anilines is 1. The lowest BCUT2D eigenvalue weighted by Gasteiger charge is -2.34. The highest BCUT2D eigenvalue weighted by atomic mass is 35.5. The van der Waals surface area contributed by atoms with E-state index in [0.29, 0.717) is 60.5 Å². The SMILES string of the molecule is Cc1cc(Cl)c(-c2cc(C3(S(C)(=O)=O)CC3)nc(N3CCOC[C@H]3C)n2)cn1. The first-order valence-electron chi connectivity index (χ1n) is 9.27. The molecule has 0 unspecified atom stereocenters. The number of sulfone groups is 1. The largest absolute Gasteiger partial charge is 0.377 e. The first-order valence-corrected chi connectivity index (χ1v) is 11.5. The highest BCUT2D eigenvalue weighted by Crippen LogP contribution is 2.52. The van der Waals surface area contributed by atoms with Crippen molar-refractivity contribution in [2.24, 2.45) is 0 Å². The second kappa shape index (κ2) is 6.93. The zero-order chi connectivity index (χ0) is 20.1. The van der Waals surface area contributed by atoms with Gasteiger partial charge < -0.3 is 9.64 Å². The average molecular weight is 423 g/mol. The fraction of sp³-hybridized carbons (Fsp3) is 0.526. The van der Waals surface area contributed by atoms with Crippen molar-refractivity contribution in [1.29, 1.82) is 0 Å². The zero-order valence-corrected chi connectivity index (χ0v) is 17.7. The van der Waals surface area contributed by atoms with Gasteiger partial charge in [-0.05, 0) is 38.8 Å². The molecule has 2 aromatic heterocycles. The lowest BCUT2D eigenvalue weighted by molar-refractivity contribution is 0.0980. The van der Waals surface area contributed by atoms with E-state index in [2.05, 4.69) is 9.88 Å². The van der Waals surface area contributed by atoms with Crippen LogP contribution in [0.4, 0.5) is 5.95 Å². The number of aryl methyl sites for hydroxylation is 1. The van der Waals surface area contributed by atoms with Crippen LogP contribution < -0.4 is 4.90 Å². The standard InChI is InChI=1S/C19H23ClN4O3S/c1-12-8-15(20)14(10-21-12)16-9-17(19(4-5-19)28(3,25)26)23-18(22-16)24-6-7-27-11-13(24)2/h8-10,13H,4-7,11H2,1-3H3/t13-/m1/s1. The van der Waals surface area contributed by atoms with Crippen LogP contribution in [0, 0.1) is 6.92 Å². The van der Waals surface area contributed by atoms with Crippen molar-refractivity contribution in [2.75, 3.05) is 30.9 Å². The maximum Gasteiger partial charge on any atom is 0.226 e. The number of halogens is 1. The molecule has 28 heavy (non-hydrogen) atoms. The molecule has 2 aromatic rings. The van der Waals surface area contributed by atoms with Crippen molar-refractivity contribution in [3.63, 3.8) is 0 Å². The Kier molecular flexibility index (Phi) is 4.84. The third-order valence-electron chi connectivity index (χ3n) is 5.49. The maximum atomic E-state index is 12.5. The minimum atomic E-state index is -3.30. The van der Waals surface area contributed by atoms with Crippen molar-refractivity contribution in [3.05, 3.63) is 34.7 Å². The van der Waals surface area contributed by atoms with Gasteiger partial charge in [-0.15, -0.1) is 0 Å². The summed E-state index contributed by atoms with van der Waals surface area (Å²) in [7, 11) is -3.30. The maximum absolute atomic E-state index is 12.5. The van der Waals surface area contributed by atoms with Crippen molar-refractivity contribution < 1.29 is 13.2 Å². The van der Waals surface area contributed by atoms with Gasteiger partial charge in [-0.3, -0.25) is 4.98 Å². The van der Waals surface area contributed by atoms with Gasteiger partial charge in [0.05, 0.1) is 35.7 Å². The van der Waals surface area contributed by atoms with Crippen LogP contribution in [-0.2, 0) is 19.3 Å². The molecule has 4 rings (SSSR count). The molecule has 1 aliphatic heterocycles. The van der Waals surface area contributed by atoms with E-state index in [1.165, 1.54) is 6.26 Å². The van der Waals surface area contributed by atoms with Gasteiger partial charge in [-0.2, -0.15) is 0 Å². The third-order valence-corrected chi connectivity index (χ3v) is 7.84. The normalized spacial score (nSPS) is 21.6. The van der Waals surface area contributed by atoms with Crippen molar-refractivity contribution in [3.8, 4) is 11.3 Å². The van der Waals surface area contributed by atoms with Crippen LogP contribution in [-0.4, -0.2) is 55.4 Å². The molecule has 0 bridgehead atoms. The van der Waals surface area contributed by atoms with E-state index in [1.54, 1.807) is 18.3 Å². The van der Waals surface area contributed by atoms with Crippen LogP contribution in [0.25, 0.3) is 11.3 Å². The molecular formula is C19H23ClN4O3S. The molecule has 0 N–H and O–H groups in total. The van der Waals surface area contributed by atoms with E-state index < -0.39 is 14.6 Å². The second-order valence-corrected chi connectivity index (χ2v) is 10.4. The van der Waals surface area contributed by atoms with E-state index in [4.69, 9.17) is 26.3 Å². The second-order valence-electron chi connectivity index (χ2n) is 7.63. The molecule has 0 amide bonds. The molecule has 2 aliphatic rings. The number of morpholine rings is 1. The summed E-state index contributed by atoms with van der Waals surface area (Å²) in [5.74, 6) is 0.509. The number of aromatic nitrogens is 3. The summed E-state index contributed by atoms with van der Waals surface area (Å²) in [6.45, 7) is 5.71. The molecule has 1 aliphatic carbocycles. The molecule has 150 valence electrons. The summed E-state index contributed by atoms with van der Waals surface area (Å²) in [6, 6.07) is 3.62. The van der Waals surface area contributed by atoms with Gasteiger partial charge in [0.15, 0.2) is 9.84 Å². The van der Waals surface area contributed by atoms with Gasteiger partial charge in [0.2, 0.25) is 5.95 Å². The highest BCUT2D eigenvalue weighted by molar-refractivity contribution is 7.91. The molecule has 0 radical (unpaired) electrons. The topological polar surface area (TPSA) is 85.3 Å². The Labute approximate surface area is 170 Å². The minimum Gasteiger partial charge on any atom is -0.377 e. The molecule has 1 atom stereocenters. The fourth-order valence-electron chi connectivity index (χ4n) is 3.60. The van der Waals surface area contributed by atoms with Crippen LogP contribution in [0.1, 0.15) is 31.2 Å². The summed E-state index contributed by atoms with van der Waals surface area (Å²) in [4.78, 5) is 15.8. The number of rotatable bonds is 4. The van der Waals surface area contributed by atoms with E-state index in [9.17, 15) is 8.42 Å². The van der Waals surface area contributed by atoms with Crippen molar-refractivity contribution in [1.82, 2.24) is 15.0 Å². The van der Waals surface area contributed by atoms with Crippen LogP contribution in [0.2, 0.25) is 5.02 Å². The summed E-state index contributed by atoms with van der Waals surface area (Å²) in [5.41, 5.74) is 2.60. The molecule has 9 heteroatoms. The molecular weight excluding hydrogens is 400 g/mol. The lowest BCUT2D eigenvalue weighted by atomic mass is 10.1. The Bertz CT molecular complexity index is 1020. The van der Waals surface area contributed by atoms with Crippen molar-refractivity contribution in [2.45, 2.75) is 37.5 Å². The Hall–Kier alpha value is -1.77. The van der Waals surface area contributed by atoms with Gasteiger partial charge in [-0.1, -0.05) is 11.6 Å². The Morgan fingerprint density at radius 1 is 1.29 bits per heavy atom. The molecule has 0 aromatic carbocycles.